The molecule has 23 heavy (non-hydrogen) atoms. The number of hydrogen-bond acceptors (Lipinski definition) is 2. The van der Waals surface area contributed by atoms with E-state index in [1.54, 1.807) is 13.2 Å². The molecule has 0 radical (unpaired) electrons. The Morgan fingerprint density at radius 2 is 1.96 bits per heavy atom. The van der Waals surface area contributed by atoms with Crippen molar-refractivity contribution in [3.05, 3.63) is 59.1 Å². The van der Waals surface area contributed by atoms with Gasteiger partial charge in [-0.3, -0.25) is 4.79 Å². The van der Waals surface area contributed by atoms with Gasteiger partial charge >= 0.3 is 0 Å². The van der Waals surface area contributed by atoms with Crippen LogP contribution in [0.3, 0.4) is 0 Å². The Bertz CT molecular complexity index is 750. The van der Waals surface area contributed by atoms with Gasteiger partial charge in [-0.2, -0.15) is 0 Å². The van der Waals surface area contributed by atoms with Crippen molar-refractivity contribution in [2.45, 2.75) is 19.3 Å². The molecule has 4 heteroatoms. The number of halogens is 1. The summed E-state index contributed by atoms with van der Waals surface area (Å²) in [7, 11) is 1.64. The van der Waals surface area contributed by atoms with Gasteiger partial charge in [0.1, 0.15) is 5.75 Å². The lowest BCUT2D eigenvalue weighted by atomic mass is 10.0. The molecule has 0 bridgehead atoms. The third kappa shape index (κ3) is 3.57. The van der Waals surface area contributed by atoms with Gasteiger partial charge in [-0.25, -0.2) is 0 Å². The molecular formula is C19H18ClNO2. The molecule has 0 saturated carbocycles. The highest BCUT2D eigenvalue weighted by atomic mass is 35.5. The second-order valence-electron chi connectivity index (χ2n) is 5.50. The molecule has 0 unspecified atom stereocenters. The molecule has 3 rings (SSSR count). The van der Waals surface area contributed by atoms with E-state index in [9.17, 15) is 4.79 Å². The molecule has 0 fully saturated rings. The molecule has 1 amide bonds. The van der Waals surface area contributed by atoms with Crippen molar-refractivity contribution in [2.24, 2.45) is 0 Å². The first-order valence-corrected chi connectivity index (χ1v) is 7.99. The molecule has 0 saturated heterocycles. The molecule has 2 aromatic carbocycles. The Balaban J connectivity index is 1.78. The molecule has 0 spiro atoms. The van der Waals surface area contributed by atoms with Gasteiger partial charge in [0.15, 0.2) is 0 Å². The molecule has 0 heterocycles. The number of benzene rings is 2. The molecule has 1 aliphatic carbocycles. The van der Waals surface area contributed by atoms with Crippen LogP contribution < -0.4 is 10.1 Å². The zero-order chi connectivity index (χ0) is 16.2. The second kappa shape index (κ2) is 6.88. The highest BCUT2D eigenvalue weighted by molar-refractivity contribution is 6.33. The highest BCUT2D eigenvalue weighted by Gasteiger charge is 2.14. The Kier molecular flexibility index (Phi) is 4.68. The number of allylic oxidation sites excluding steroid dienone is 1. The van der Waals surface area contributed by atoms with Crippen LogP contribution in [0.25, 0.3) is 11.1 Å². The van der Waals surface area contributed by atoms with Crippen LogP contribution in [-0.2, 0) is 4.79 Å². The maximum atomic E-state index is 12.1. The van der Waals surface area contributed by atoms with E-state index in [0.29, 0.717) is 10.7 Å². The van der Waals surface area contributed by atoms with Crippen molar-refractivity contribution in [3.63, 3.8) is 0 Å². The Labute approximate surface area is 140 Å². The van der Waals surface area contributed by atoms with Crippen molar-refractivity contribution in [3.8, 4) is 16.9 Å². The standard InChI is InChI=1S/C19H18ClNO2/c1-23-16-9-6-13(7-10-16)17-11-8-15(12-18(17)20)21-19(22)14-4-2-3-5-14/h4,6-12H,2-3,5H2,1H3,(H,21,22). The Morgan fingerprint density at radius 1 is 1.17 bits per heavy atom. The molecule has 118 valence electrons. The number of carbonyl (C=O) groups is 1. The summed E-state index contributed by atoms with van der Waals surface area (Å²) in [6.45, 7) is 0. The molecule has 3 nitrogen and oxygen atoms in total. The second-order valence-corrected chi connectivity index (χ2v) is 5.91. The predicted molar refractivity (Wildman–Crippen MR) is 94.0 cm³/mol. The minimum Gasteiger partial charge on any atom is -0.497 e. The lowest BCUT2D eigenvalue weighted by Crippen LogP contribution is -2.13. The average molecular weight is 328 g/mol. The first-order chi connectivity index (χ1) is 11.2. The lowest BCUT2D eigenvalue weighted by Gasteiger charge is -2.10. The Hall–Kier alpha value is -2.26. The van der Waals surface area contributed by atoms with Gasteiger partial charge in [0.05, 0.1) is 12.1 Å². The van der Waals surface area contributed by atoms with Gasteiger partial charge in [-0.15, -0.1) is 0 Å². The quantitative estimate of drug-likeness (QED) is 0.852. The van der Waals surface area contributed by atoms with Gasteiger partial charge in [-0.05, 0) is 49.1 Å². The summed E-state index contributed by atoms with van der Waals surface area (Å²) in [6, 6.07) is 13.3. The fourth-order valence-corrected chi connectivity index (χ4v) is 2.98. The van der Waals surface area contributed by atoms with Crippen LogP contribution >= 0.6 is 11.6 Å². The largest absolute Gasteiger partial charge is 0.497 e. The van der Waals surface area contributed by atoms with E-state index in [1.807, 2.05) is 42.5 Å². The molecule has 0 aliphatic heterocycles. The first kappa shape index (κ1) is 15.6. The van der Waals surface area contributed by atoms with Gasteiger partial charge < -0.3 is 10.1 Å². The number of carbonyl (C=O) groups excluding carboxylic acids is 1. The average Bonchev–Trinajstić information content (AvgIpc) is 3.10. The predicted octanol–water partition coefficient (Wildman–Crippen LogP) is 5.06. The zero-order valence-electron chi connectivity index (χ0n) is 12.9. The minimum atomic E-state index is -0.0317. The SMILES string of the molecule is COc1ccc(-c2ccc(NC(=O)C3=CCCC3)cc2Cl)cc1. The van der Waals surface area contributed by atoms with Gasteiger partial charge in [0, 0.05) is 16.8 Å². The lowest BCUT2D eigenvalue weighted by molar-refractivity contribution is -0.112. The number of amides is 1. The van der Waals surface area contributed by atoms with E-state index in [1.165, 1.54) is 0 Å². The molecule has 1 N–H and O–H groups in total. The number of methoxy groups -OCH3 is 1. The summed E-state index contributed by atoms with van der Waals surface area (Å²) in [6.07, 6.45) is 4.89. The summed E-state index contributed by atoms with van der Waals surface area (Å²) in [5.41, 5.74) is 3.50. The van der Waals surface area contributed by atoms with Gasteiger partial charge in [0.25, 0.3) is 5.91 Å². The molecule has 2 aromatic rings. The van der Waals surface area contributed by atoms with Crippen LogP contribution in [0.15, 0.2) is 54.1 Å². The van der Waals surface area contributed by atoms with E-state index in [2.05, 4.69) is 5.32 Å². The fourth-order valence-electron chi connectivity index (χ4n) is 2.69. The summed E-state index contributed by atoms with van der Waals surface area (Å²) in [5.74, 6) is 0.773. The van der Waals surface area contributed by atoms with Crippen LogP contribution in [-0.4, -0.2) is 13.0 Å². The number of rotatable bonds is 4. The van der Waals surface area contributed by atoms with E-state index in [-0.39, 0.29) is 5.91 Å². The smallest absolute Gasteiger partial charge is 0.251 e. The number of ether oxygens (including phenoxy) is 1. The van der Waals surface area contributed by atoms with Crippen molar-refractivity contribution < 1.29 is 9.53 Å². The molecule has 0 atom stereocenters. The van der Waals surface area contributed by atoms with Crippen molar-refractivity contribution in [2.75, 3.05) is 12.4 Å². The zero-order valence-corrected chi connectivity index (χ0v) is 13.7. The first-order valence-electron chi connectivity index (χ1n) is 7.62. The highest BCUT2D eigenvalue weighted by Crippen LogP contribution is 2.31. The van der Waals surface area contributed by atoms with Crippen LogP contribution in [0.4, 0.5) is 5.69 Å². The minimum absolute atomic E-state index is 0.0317. The van der Waals surface area contributed by atoms with E-state index in [0.717, 1.165) is 41.7 Å². The summed E-state index contributed by atoms with van der Waals surface area (Å²) in [4.78, 5) is 12.1. The van der Waals surface area contributed by atoms with E-state index in [4.69, 9.17) is 16.3 Å². The van der Waals surface area contributed by atoms with Crippen molar-refractivity contribution >= 4 is 23.2 Å². The summed E-state index contributed by atoms with van der Waals surface area (Å²) in [5, 5.41) is 3.51. The maximum absolute atomic E-state index is 12.1. The van der Waals surface area contributed by atoms with Crippen LogP contribution in [0.2, 0.25) is 5.02 Å². The number of nitrogens with one attached hydrogen (secondary N) is 1. The van der Waals surface area contributed by atoms with Gasteiger partial charge in [-0.1, -0.05) is 35.9 Å². The van der Waals surface area contributed by atoms with E-state index < -0.39 is 0 Å². The molecular weight excluding hydrogens is 310 g/mol. The number of hydrogen-bond donors (Lipinski definition) is 1. The third-order valence-electron chi connectivity index (χ3n) is 3.96. The van der Waals surface area contributed by atoms with Crippen LogP contribution in [0, 0.1) is 0 Å². The normalized spacial score (nSPS) is 13.6. The fraction of sp³-hybridized carbons (Fsp3) is 0.211. The Morgan fingerprint density at radius 3 is 2.57 bits per heavy atom. The van der Waals surface area contributed by atoms with Crippen LogP contribution in [0.1, 0.15) is 19.3 Å². The topological polar surface area (TPSA) is 38.3 Å². The number of anilines is 1. The van der Waals surface area contributed by atoms with Crippen molar-refractivity contribution in [1.29, 1.82) is 0 Å². The van der Waals surface area contributed by atoms with E-state index >= 15 is 0 Å². The summed E-state index contributed by atoms with van der Waals surface area (Å²) < 4.78 is 5.16. The molecule has 1 aliphatic rings. The third-order valence-corrected chi connectivity index (χ3v) is 4.27. The van der Waals surface area contributed by atoms with Crippen LogP contribution in [0.5, 0.6) is 5.75 Å². The van der Waals surface area contributed by atoms with Gasteiger partial charge in [0.2, 0.25) is 0 Å². The van der Waals surface area contributed by atoms with Crippen molar-refractivity contribution in [1.82, 2.24) is 0 Å². The maximum Gasteiger partial charge on any atom is 0.251 e. The monoisotopic (exact) mass is 327 g/mol. The molecule has 0 aromatic heterocycles. The summed E-state index contributed by atoms with van der Waals surface area (Å²) >= 11 is 6.38.